The van der Waals surface area contributed by atoms with E-state index in [4.69, 9.17) is 5.10 Å². The second-order valence-corrected chi connectivity index (χ2v) is 7.33. The molecule has 0 saturated heterocycles. The summed E-state index contributed by atoms with van der Waals surface area (Å²) in [6.45, 7) is 5.97. The summed E-state index contributed by atoms with van der Waals surface area (Å²) in [5.74, 6) is 0.00640. The summed E-state index contributed by atoms with van der Waals surface area (Å²) in [7, 11) is 3.61. The molecule has 0 fully saturated rings. The summed E-state index contributed by atoms with van der Waals surface area (Å²) in [5.41, 5.74) is 6.93. The van der Waals surface area contributed by atoms with Crippen LogP contribution in [0.3, 0.4) is 0 Å². The van der Waals surface area contributed by atoms with Crippen LogP contribution in [0.4, 0.5) is 0 Å². The van der Waals surface area contributed by atoms with Crippen molar-refractivity contribution >= 4 is 5.91 Å². The molecule has 2 aromatic carbocycles. The van der Waals surface area contributed by atoms with Crippen molar-refractivity contribution in [3.63, 3.8) is 0 Å². The van der Waals surface area contributed by atoms with Gasteiger partial charge in [-0.05, 0) is 43.7 Å². The first-order chi connectivity index (χ1) is 13.5. The van der Waals surface area contributed by atoms with Gasteiger partial charge in [0.05, 0.1) is 18.8 Å². The van der Waals surface area contributed by atoms with Gasteiger partial charge in [0.2, 0.25) is 5.91 Å². The molecule has 0 aliphatic rings. The Bertz CT molecular complexity index is 946. The van der Waals surface area contributed by atoms with Crippen molar-refractivity contribution in [1.29, 1.82) is 0 Å². The van der Waals surface area contributed by atoms with Crippen LogP contribution in [-0.2, 0) is 17.9 Å². The average Bonchev–Trinajstić information content (AvgIpc) is 3.06. The van der Waals surface area contributed by atoms with Gasteiger partial charge in [0.15, 0.2) is 0 Å². The van der Waals surface area contributed by atoms with Crippen LogP contribution in [-0.4, -0.2) is 41.2 Å². The van der Waals surface area contributed by atoms with Gasteiger partial charge < -0.3 is 5.32 Å². The Kier molecular flexibility index (Phi) is 6.26. The third kappa shape index (κ3) is 4.87. The van der Waals surface area contributed by atoms with Crippen molar-refractivity contribution in [3.8, 4) is 11.3 Å². The molecule has 3 rings (SSSR count). The predicted molar refractivity (Wildman–Crippen MR) is 113 cm³/mol. The standard InChI is InChI=1S/C23H28N4O/c1-17-10-11-20(12-18(17)2)23-21(14-26(4)16-22(28)24-3)15-27(25-23)13-19-8-6-5-7-9-19/h5-12,15H,13-14,16H2,1-4H3,(H,24,28). The number of aromatic nitrogens is 2. The molecule has 1 heterocycles. The highest BCUT2D eigenvalue weighted by molar-refractivity contribution is 5.77. The first-order valence-electron chi connectivity index (χ1n) is 9.53. The fraction of sp³-hybridized carbons (Fsp3) is 0.304. The number of aryl methyl sites for hydroxylation is 2. The van der Waals surface area contributed by atoms with Crippen molar-refractivity contribution in [2.75, 3.05) is 20.6 Å². The van der Waals surface area contributed by atoms with Crippen LogP contribution in [0.15, 0.2) is 54.7 Å². The molecule has 5 nitrogen and oxygen atoms in total. The van der Waals surface area contributed by atoms with E-state index in [2.05, 4.69) is 55.7 Å². The third-order valence-corrected chi connectivity index (χ3v) is 4.94. The minimum atomic E-state index is 0.00640. The van der Waals surface area contributed by atoms with E-state index < -0.39 is 0 Å². The summed E-state index contributed by atoms with van der Waals surface area (Å²) in [4.78, 5) is 13.7. The molecule has 1 aromatic heterocycles. The van der Waals surface area contributed by atoms with Gasteiger partial charge in [0, 0.05) is 30.9 Å². The van der Waals surface area contributed by atoms with E-state index in [1.165, 1.54) is 16.7 Å². The highest BCUT2D eigenvalue weighted by Crippen LogP contribution is 2.25. The molecule has 28 heavy (non-hydrogen) atoms. The molecule has 1 amide bonds. The average molecular weight is 377 g/mol. The Morgan fingerprint density at radius 1 is 1.11 bits per heavy atom. The molecule has 146 valence electrons. The number of hydrogen-bond acceptors (Lipinski definition) is 3. The van der Waals surface area contributed by atoms with Crippen molar-refractivity contribution in [2.24, 2.45) is 0 Å². The zero-order chi connectivity index (χ0) is 20.1. The molecule has 0 aliphatic carbocycles. The summed E-state index contributed by atoms with van der Waals surface area (Å²) >= 11 is 0. The van der Waals surface area contributed by atoms with Crippen LogP contribution in [0, 0.1) is 13.8 Å². The summed E-state index contributed by atoms with van der Waals surface area (Å²) < 4.78 is 1.99. The maximum atomic E-state index is 11.7. The van der Waals surface area contributed by atoms with Crippen LogP contribution in [0.1, 0.15) is 22.3 Å². The van der Waals surface area contributed by atoms with E-state index in [9.17, 15) is 4.79 Å². The molecule has 0 radical (unpaired) electrons. The van der Waals surface area contributed by atoms with Gasteiger partial charge in [-0.1, -0.05) is 42.5 Å². The minimum Gasteiger partial charge on any atom is -0.358 e. The normalized spacial score (nSPS) is 11.0. The molecule has 0 saturated carbocycles. The zero-order valence-electron chi connectivity index (χ0n) is 17.1. The molecule has 0 unspecified atom stereocenters. The van der Waals surface area contributed by atoms with E-state index in [1.807, 2.05) is 34.8 Å². The third-order valence-electron chi connectivity index (χ3n) is 4.94. The molecular weight excluding hydrogens is 348 g/mol. The second kappa shape index (κ2) is 8.85. The summed E-state index contributed by atoms with van der Waals surface area (Å²) in [6, 6.07) is 16.8. The van der Waals surface area contributed by atoms with E-state index >= 15 is 0 Å². The number of nitrogens with one attached hydrogen (secondary N) is 1. The topological polar surface area (TPSA) is 50.2 Å². The lowest BCUT2D eigenvalue weighted by Gasteiger charge is -2.15. The fourth-order valence-corrected chi connectivity index (χ4v) is 3.23. The predicted octanol–water partition coefficient (Wildman–Crippen LogP) is 3.39. The lowest BCUT2D eigenvalue weighted by molar-refractivity contribution is -0.121. The van der Waals surface area contributed by atoms with Crippen molar-refractivity contribution in [3.05, 3.63) is 77.0 Å². The van der Waals surface area contributed by atoms with E-state index in [0.29, 0.717) is 13.1 Å². The maximum absolute atomic E-state index is 11.7. The zero-order valence-corrected chi connectivity index (χ0v) is 17.1. The van der Waals surface area contributed by atoms with Crippen LogP contribution in [0.5, 0.6) is 0 Å². The van der Waals surface area contributed by atoms with Gasteiger partial charge in [0.1, 0.15) is 0 Å². The van der Waals surface area contributed by atoms with Crippen molar-refractivity contribution in [2.45, 2.75) is 26.9 Å². The molecule has 1 N–H and O–H groups in total. The van der Waals surface area contributed by atoms with E-state index in [0.717, 1.165) is 23.4 Å². The van der Waals surface area contributed by atoms with Gasteiger partial charge in [-0.2, -0.15) is 5.10 Å². The number of rotatable bonds is 7. The molecule has 5 heteroatoms. The number of benzene rings is 2. The first-order valence-corrected chi connectivity index (χ1v) is 9.53. The maximum Gasteiger partial charge on any atom is 0.233 e. The lowest BCUT2D eigenvalue weighted by atomic mass is 10.0. The number of hydrogen-bond donors (Lipinski definition) is 1. The highest BCUT2D eigenvalue weighted by Gasteiger charge is 2.15. The summed E-state index contributed by atoms with van der Waals surface area (Å²) in [5, 5.41) is 7.57. The minimum absolute atomic E-state index is 0.00640. The van der Waals surface area contributed by atoms with Gasteiger partial charge >= 0.3 is 0 Å². The molecule has 0 atom stereocenters. The molecule has 3 aromatic rings. The molecule has 0 aliphatic heterocycles. The Balaban J connectivity index is 1.92. The monoisotopic (exact) mass is 376 g/mol. The Labute approximate surface area is 167 Å². The van der Waals surface area contributed by atoms with Crippen LogP contribution >= 0.6 is 0 Å². The largest absolute Gasteiger partial charge is 0.358 e. The molecular formula is C23H28N4O. The SMILES string of the molecule is CNC(=O)CN(C)Cc1cn(Cc2ccccc2)nc1-c1ccc(C)c(C)c1. The van der Waals surface area contributed by atoms with Crippen molar-refractivity contribution in [1.82, 2.24) is 20.0 Å². The van der Waals surface area contributed by atoms with Gasteiger partial charge in [-0.25, -0.2) is 0 Å². The number of carbonyl (C=O) groups excluding carboxylic acids is 1. The van der Waals surface area contributed by atoms with Gasteiger partial charge in [-0.15, -0.1) is 0 Å². The lowest BCUT2D eigenvalue weighted by Crippen LogP contribution is -2.32. The highest BCUT2D eigenvalue weighted by atomic mass is 16.1. The first kappa shape index (κ1) is 19.8. The second-order valence-electron chi connectivity index (χ2n) is 7.33. The Morgan fingerprint density at radius 2 is 1.86 bits per heavy atom. The van der Waals surface area contributed by atoms with E-state index in [1.54, 1.807) is 7.05 Å². The molecule has 0 bridgehead atoms. The number of carbonyl (C=O) groups is 1. The fourth-order valence-electron chi connectivity index (χ4n) is 3.23. The quantitative estimate of drug-likeness (QED) is 0.688. The van der Waals surface area contributed by atoms with Crippen LogP contribution < -0.4 is 5.32 Å². The van der Waals surface area contributed by atoms with Gasteiger partial charge in [0.25, 0.3) is 0 Å². The Morgan fingerprint density at radius 3 is 2.54 bits per heavy atom. The number of amides is 1. The van der Waals surface area contributed by atoms with Crippen LogP contribution in [0.25, 0.3) is 11.3 Å². The van der Waals surface area contributed by atoms with Crippen molar-refractivity contribution < 1.29 is 4.79 Å². The number of likely N-dealkylation sites (N-methyl/N-ethyl adjacent to an activating group) is 2. The number of nitrogens with zero attached hydrogens (tertiary/aromatic N) is 3. The van der Waals surface area contributed by atoms with Crippen LogP contribution in [0.2, 0.25) is 0 Å². The van der Waals surface area contributed by atoms with Gasteiger partial charge in [-0.3, -0.25) is 14.4 Å². The van der Waals surface area contributed by atoms with E-state index in [-0.39, 0.29) is 5.91 Å². The Hall–Kier alpha value is -2.92. The molecule has 0 spiro atoms. The summed E-state index contributed by atoms with van der Waals surface area (Å²) in [6.07, 6.45) is 2.10. The smallest absolute Gasteiger partial charge is 0.233 e.